The van der Waals surface area contributed by atoms with E-state index in [9.17, 15) is 4.79 Å². The average Bonchev–Trinajstić information content (AvgIpc) is 2.08. The summed E-state index contributed by atoms with van der Waals surface area (Å²) in [7, 11) is 1.74. The van der Waals surface area contributed by atoms with Crippen LogP contribution in [0.5, 0.6) is 0 Å². The maximum atomic E-state index is 11.0. The Morgan fingerprint density at radius 2 is 2.08 bits per heavy atom. The normalized spacial score (nSPS) is 9.77. The van der Waals surface area contributed by atoms with E-state index < -0.39 is 0 Å². The van der Waals surface area contributed by atoms with Crippen molar-refractivity contribution in [3.8, 4) is 0 Å². The molecule has 1 aromatic rings. The van der Waals surface area contributed by atoms with Crippen molar-refractivity contribution in [1.82, 2.24) is 0 Å². The molecule has 1 rings (SSSR count). The third-order valence-electron chi connectivity index (χ3n) is 2.11. The largest absolute Gasteiger partial charge is 0.399 e. The maximum absolute atomic E-state index is 11.0. The first kappa shape index (κ1) is 9.58. The minimum Gasteiger partial charge on any atom is -0.399 e. The van der Waals surface area contributed by atoms with Gasteiger partial charge < -0.3 is 10.6 Å². The van der Waals surface area contributed by atoms with Gasteiger partial charge in [-0.3, -0.25) is 4.79 Å². The molecule has 0 atom stereocenters. The van der Waals surface area contributed by atoms with E-state index in [1.807, 2.05) is 25.1 Å². The monoisotopic (exact) mass is 178 g/mol. The Balaban J connectivity index is 3.03. The third kappa shape index (κ3) is 1.99. The van der Waals surface area contributed by atoms with E-state index in [-0.39, 0.29) is 5.91 Å². The van der Waals surface area contributed by atoms with Crippen LogP contribution in [0.15, 0.2) is 18.2 Å². The Morgan fingerprint density at radius 3 is 2.54 bits per heavy atom. The van der Waals surface area contributed by atoms with Gasteiger partial charge in [-0.2, -0.15) is 0 Å². The van der Waals surface area contributed by atoms with E-state index in [0.717, 1.165) is 16.9 Å². The maximum Gasteiger partial charge on any atom is 0.223 e. The molecular weight excluding hydrogens is 164 g/mol. The summed E-state index contributed by atoms with van der Waals surface area (Å²) in [5, 5.41) is 0. The predicted octanol–water partition coefficient (Wildman–Crippen LogP) is 1.56. The van der Waals surface area contributed by atoms with E-state index in [2.05, 4.69) is 0 Å². The summed E-state index contributed by atoms with van der Waals surface area (Å²) < 4.78 is 0. The van der Waals surface area contributed by atoms with Gasteiger partial charge in [0.2, 0.25) is 5.91 Å². The molecule has 2 N–H and O–H groups in total. The van der Waals surface area contributed by atoms with Gasteiger partial charge in [-0.25, -0.2) is 0 Å². The SMILES string of the molecule is CC(=O)N(C)c1ccc(N)c(C)c1. The van der Waals surface area contributed by atoms with Crippen LogP contribution < -0.4 is 10.6 Å². The number of nitrogens with zero attached hydrogens (tertiary/aromatic N) is 1. The lowest BCUT2D eigenvalue weighted by atomic mass is 10.2. The first-order valence-corrected chi connectivity index (χ1v) is 4.13. The number of anilines is 2. The van der Waals surface area contributed by atoms with E-state index in [0.29, 0.717) is 0 Å². The molecule has 0 aliphatic rings. The minimum absolute atomic E-state index is 0.0178. The van der Waals surface area contributed by atoms with Gasteiger partial charge in [0.15, 0.2) is 0 Å². The van der Waals surface area contributed by atoms with Crippen LogP contribution in [0, 0.1) is 6.92 Å². The zero-order chi connectivity index (χ0) is 10.0. The van der Waals surface area contributed by atoms with Crippen LogP contribution in [0.1, 0.15) is 12.5 Å². The number of hydrogen-bond donors (Lipinski definition) is 1. The van der Waals surface area contributed by atoms with E-state index >= 15 is 0 Å². The van der Waals surface area contributed by atoms with Crippen LogP contribution in [-0.2, 0) is 4.79 Å². The highest BCUT2D eigenvalue weighted by atomic mass is 16.2. The van der Waals surface area contributed by atoms with Crippen LogP contribution in [0.25, 0.3) is 0 Å². The van der Waals surface area contributed by atoms with Gasteiger partial charge in [0.25, 0.3) is 0 Å². The second-order valence-corrected chi connectivity index (χ2v) is 3.12. The number of aryl methyl sites for hydroxylation is 1. The van der Waals surface area contributed by atoms with Crippen molar-refractivity contribution < 1.29 is 4.79 Å². The van der Waals surface area contributed by atoms with Crippen molar-refractivity contribution in [2.75, 3.05) is 17.7 Å². The van der Waals surface area contributed by atoms with E-state index in [4.69, 9.17) is 5.73 Å². The lowest BCUT2D eigenvalue weighted by molar-refractivity contribution is -0.116. The average molecular weight is 178 g/mol. The molecule has 0 radical (unpaired) electrons. The molecule has 3 heteroatoms. The molecule has 0 fully saturated rings. The Hall–Kier alpha value is -1.51. The molecule has 1 amide bonds. The summed E-state index contributed by atoms with van der Waals surface area (Å²) in [6, 6.07) is 5.55. The van der Waals surface area contributed by atoms with Gasteiger partial charge in [-0.05, 0) is 30.7 Å². The van der Waals surface area contributed by atoms with Crippen molar-refractivity contribution in [2.24, 2.45) is 0 Å². The molecule has 0 aliphatic carbocycles. The molecule has 0 aromatic heterocycles. The van der Waals surface area contributed by atoms with Crippen molar-refractivity contribution >= 4 is 17.3 Å². The molecule has 0 unspecified atom stereocenters. The zero-order valence-electron chi connectivity index (χ0n) is 8.16. The van der Waals surface area contributed by atoms with Crippen molar-refractivity contribution in [3.05, 3.63) is 23.8 Å². The number of nitrogen functional groups attached to an aromatic ring is 1. The van der Waals surface area contributed by atoms with Gasteiger partial charge >= 0.3 is 0 Å². The van der Waals surface area contributed by atoms with Gasteiger partial charge in [0.1, 0.15) is 0 Å². The summed E-state index contributed by atoms with van der Waals surface area (Å²) >= 11 is 0. The Labute approximate surface area is 78.2 Å². The Bertz CT molecular complexity index is 334. The summed E-state index contributed by atoms with van der Waals surface area (Å²) in [6.07, 6.45) is 0. The number of amides is 1. The highest BCUT2D eigenvalue weighted by molar-refractivity contribution is 5.91. The summed E-state index contributed by atoms with van der Waals surface area (Å²) in [5.41, 5.74) is 8.28. The molecule has 0 aliphatic heterocycles. The quantitative estimate of drug-likeness (QED) is 0.663. The van der Waals surface area contributed by atoms with Gasteiger partial charge in [0, 0.05) is 25.3 Å². The molecule has 1 aromatic carbocycles. The summed E-state index contributed by atoms with van der Waals surface area (Å²) in [4.78, 5) is 12.6. The fourth-order valence-corrected chi connectivity index (χ4v) is 1.05. The third-order valence-corrected chi connectivity index (χ3v) is 2.11. The Kier molecular flexibility index (Phi) is 2.56. The number of rotatable bonds is 1. The van der Waals surface area contributed by atoms with Crippen LogP contribution in [0.2, 0.25) is 0 Å². The summed E-state index contributed by atoms with van der Waals surface area (Å²) in [5.74, 6) is 0.0178. The molecule has 3 nitrogen and oxygen atoms in total. The van der Waals surface area contributed by atoms with Gasteiger partial charge in [-0.1, -0.05) is 0 Å². The molecule has 0 heterocycles. The van der Waals surface area contributed by atoms with Crippen molar-refractivity contribution in [2.45, 2.75) is 13.8 Å². The number of benzene rings is 1. The number of carbonyl (C=O) groups is 1. The molecule has 13 heavy (non-hydrogen) atoms. The van der Waals surface area contributed by atoms with Crippen LogP contribution in [0.3, 0.4) is 0 Å². The smallest absolute Gasteiger partial charge is 0.223 e. The molecule has 70 valence electrons. The van der Waals surface area contributed by atoms with Crippen molar-refractivity contribution in [3.63, 3.8) is 0 Å². The van der Waals surface area contributed by atoms with E-state index in [1.54, 1.807) is 11.9 Å². The van der Waals surface area contributed by atoms with Crippen LogP contribution in [0.4, 0.5) is 11.4 Å². The number of carbonyl (C=O) groups excluding carboxylic acids is 1. The fourth-order valence-electron chi connectivity index (χ4n) is 1.05. The molecule has 0 saturated carbocycles. The lowest BCUT2D eigenvalue weighted by Gasteiger charge is -2.15. The first-order valence-electron chi connectivity index (χ1n) is 4.13. The molecular formula is C10H14N2O. The fraction of sp³-hybridized carbons (Fsp3) is 0.300. The highest BCUT2D eigenvalue weighted by Crippen LogP contribution is 2.19. The number of hydrogen-bond acceptors (Lipinski definition) is 2. The zero-order valence-corrected chi connectivity index (χ0v) is 8.16. The highest BCUT2D eigenvalue weighted by Gasteiger charge is 2.05. The Morgan fingerprint density at radius 1 is 1.46 bits per heavy atom. The van der Waals surface area contributed by atoms with Crippen LogP contribution in [-0.4, -0.2) is 13.0 Å². The van der Waals surface area contributed by atoms with Gasteiger partial charge in [-0.15, -0.1) is 0 Å². The molecule has 0 bridgehead atoms. The number of nitrogens with two attached hydrogens (primary N) is 1. The predicted molar refractivity (Wildman–Crippen MR) is 54.7 cm³/mol. The van der Waals surface area contributed by atoms with E-state index in [1.165, 1.54) is 6.92 Å². The second kappa shape index (κ2) is 3.47. The minimum atomic E-state index is 0.0178. The summed E-state index contributed by atoms with van der Waals surface area (Å²) in [6.45, 7) is 3.46. The molecule has 0 spiro atoms. The lowest BCUT2D eigenvalue weighted by Crippen LogP contribution is -2.22. The van der Waals surface area contributed by atoms with Crippen LogP contribution >= 0.6 is 0 Å². The first-order chi connectivity index (χ1) is 6.02. The second-order valence-electron chi connectivity index (χ2n) is 3.12. The van der Waals surface area contributed by atoms with Crippen molar-refractivity contribution in [1.29, 1.82) is 0 Å². The topological polar surface area (TPSA) is 46.3 Å². The van der Waals surface area contributed by atoms with Gasteiger partial charge in [0.05, 0.1) is 0 Å². The molecule has 0 saturated heterocycles. The standard InChI is InChI=1S/C10H14N2O/c1-7-6-9(4-5-10(7)11)12(3)8(2)13/h4-6H,11H2,1-3H3.